The van der Waals surface area contributed by atoms with Crippen LogP contribution >= 0.6 is 0 Å². The van der Waals surface area contributed by atoms with Gasteiger partial charge >= 0.3 is 0 Å². The first-order valence-electron chi connectivity index (χ1n) is 4.32. The van der Waals surface area contributed by atoms with E-state index >= 15 is 0 Å². The van der Waals surface area contributed by atoms with Crippen LogP contribution in [0.3, 0.4) is 0 Å². The first-order chi connectivity index (χ1) is 5.04. The van der Waals surface area contributed by atoms with Crippen molar-refractivity contribution in [3.05, 3.63) is 12.3 Å². The fourth-order valence-corrected chi connectivity index (χ4v) is 0.752. The smallest absolute Gasteiger partial charge is 0.0879 e. The molecule has 1 atom stereocenters. The highest BCUT2D eigenvalue weighted by molar-refractivity contribution is 4.73. The van der Waals surface area contributed by atoms with Crippen molar-refractivity contribution in [1.29, 1.82) is 0 Å². The molecule has 0 radical (unpaired) electrons. The lowest BCUT2D eigenvalue weighted by Gasteiger charge is -2.15. The third-order valence-corrected chi connectivity index (χ3v) is 2.06. The Morgan fingerprint density at radius 3 is 2.27 bits per heavy atom. The number of allylic oxidation sites excluding steroid dienone is 1. The lowest BCUT2D eigenvalue weighted by atomic mass is 9.95. The fourth-order valence-electron chi connectivity index (χ4n) is 0.752. The van der Waals surface area contributed by atoms with Crippen LogP contribution in [0.5, 0.6) is 0 Å². The summed E-state index contributed by atoms with van der Waals surface area (Å²) in [7, 11) is 0. The number of hydrogen-bond acceptors (Lipinski definition) is 1. The summed E-state index contributed by atoms with van der Waals surface area (Å²) >= 11 is 0. The monoisotopic (exact) mass is 156 g/mol. The van der Waals surface area contributed by atoms with Gasteiger partial charge in [-0.3, -0.25) is 0 Å². The van der Waals surface area contributed by atoms with Gasteiger partial charge in [0.2, 0.25) is 0 Å². The van der Waals surface area contributed by atoms with Gasteiger partial charge in [-0.05, 0) is 25.2 Å². The summed E-state index contributed by atoms with van der Waals surface area (Å²) < 4.78 is 5.27. The summed E-state index contributed by atoms with van der Waals surface area (Å²) in [6.07, 6.45) is 1.13. The maximum absolute atomic E-state index is 5.27. The van der Waals surface area contributed by atoms with Crippen LogP contribution in [0.15, 0.2) is 12.3 Å². The molecule has 0 amide bonds. The van der Waals surface area contributed by atoms with Gasteiger partial charge in [0.25, 0.3) is 0 Å². The van der Waals surface area contributed by atoms with E-state index in [0.717, 1.165) is 30.6 Å². The van der Waals surface area contributed by atoms with Crippen molar-refractivity contribution in [3.8, 4) is 0 Å². The van der Waals surface area contributed by atoms with Crippen LogP contribution in [-0.4, -0.2) is 6.61 Å². The second-order valence-corrected chi connectivity index (χ2v) is 3.56. The molecule has 66 valence electrons. The lowest BCUT2D eigenvalue weighted by molar-refractivity contribution is 0.184. The molecule has 0 saturated carbocycles. The Hall–Kier alpha value is -0.460. The minimum absolute atomic E-state index is 0.745. The van der Waals surface area contributed by atoms with Crippen LogP contribution < -0.4 is 0 Å². The average Bonchev–Trinajstić information content (AvgIpc) is 1.86. The minimum Gasteiger partial charge on any atom is -0.499 e. The summed E-state index contributed by atoms with van der Waals surface area (Å²) in [6.45, 7) is 13.1. The van der Waals surface area contributed by atoms with Gasteiger partial charge in [-0.1, -0.05) is 27.4 Å². The molecule has 1 nitrogen and oxygen atoms in total. The molecule has 0 aromatic carbocycles. The molecular weight excluding hydrogens is 136 g/mol. The van der Waals surface area contributed by atoms with Crippen LogP contribution in [0, 0.1) is 11.8 Å². The predicted octanol–water partition coefficient (Wildman–Crippen LogP) is 3.22. The standard InChI is InChI=1S/C10H20O/c1-8(2)10(5)6-7-11-9(3)4/h8,10H,3,6-7H2,1-2,4-5H3. The zero-order valence-electron chi connectivity index (χ0n) is 8.18. The summed E-state index contributed by atoms with van der Waals surface area (Å²) in [5.41, 5.74) is 0. The van der Waals surface area contributed by atoms with Gasteiger partial charge in [0.1, 0.15) is 0 Å². The molecule has 0 saturated heterocycles. The van der Waals surface area contributed by atoms with Crippen LogP contribution in [0.1, 0.15) is 34.1 Å². The lowest BCUT2D eigenvalue weighted by Crippen LogP contribution is -2.07. The zero-order valence-corrected chi connectivity index (χ0v) is 8.18. The largest absolute Gasteiger partial charge is 0.499 e. The number of ether oxygens (including phenoxy) is 1. The molecule has 0 spiro atoms. The maximum Gasteiger partial charge on any atom is 0.0879 e. The first kappa shape index (κ1) is 10.5. The molecule has 0 rings (SSSR count). The molecule has 1 heteroatoms. The Morgan fingerprint density at radius 1 is 1.36 bits per heavy atom. The van der Waals surface area contributed by atoms with Gasteiger partial charge in [-0.25, -0.2) is 0 Å². The third-order valence-electron chi connectivity index (χ3n) is 2.06. The van der Waals surface area contributed by atoms with Crippen LogP contribution in [0.4, 0.5) is 0 Å². The van der Waals surface area contributed by atoms with E-state index in [1.54, 1.807) is 0 Å². The molecule has 0 aliphatic heterocycles. The highest BCUT2D eigenvalue weighted by Gasteiger charge is 2.05. The Bertz CT molecular complexity index is 116. The van der Waals surface area contributed by atoms with E-state index in [-0.39, 0.29) is 0 Å². The normalized spacial score (nSPS) is 13.2. The highest BCUT2D eigenvalue weighted by Crippen LogP contribution is 2.13. The summed E-state index contributed by atoms with van der Waals surface area (Å²) in [5.74, 6) is 2.32. The van der Waals surface area contributed by atoms with Crippen LogP contribution in [0.25, 0.3) is 0 Å². The highest BCUT2D eigenvalue weighted by atomic mass is 16.5. The average molecular weight is 156 g/mol. The van der Waals surface area contributed by atoms with Gasteiger partial charge in [0.15, 0.2) is 0 Å². The van der Waals surface area contributed by atoms with Crippen molar-refractivity contribution >= 4 is 0 Å². The van der Waals surface area contributed by atoms with E-state index in [4.69, 9.17) is 4.74 Å². The van der Waals surface area contributed by atoms with Gasteiger partial charge in [-0.2, -0.15) is 0 Å². The third kappa shape index (κ3) is 5.96. The molecular formula is C10H20O. The van der Waals surface area contributed by atoms with E-state index in [0.29, 0.717) is 0 Å². The van der Waals surface area contributed by atoms with E-state index in [1.165, 1.54) is 0 Å². The van der Waals surface area contributed by atoms with Crippen molar-refractivity contribution in [1.82, 2.24) is 0 Å². The molecule has 0 aliphatic rings. The van der Waals surface area contributed by atoms with E-state index in [9.17, 15) is 0 Å². The van der Waals surface area contributed by atoms with E-state index < -0.39 is 0 Å². The molecule has 1 unspecified atom stereocenters. The summed E-state index contributed by atoms with van der Waals surface area (Å²) in [6, 6.07) is 0. The Kier molecular flexibility index (Phi) is 5.01. The zero-order chi connectivity index (χ0) is 8.85. The quantitative estimate of drug-likeness (QED) is 0.555. The van der Waals surface area contributed by atoms with Gasteiger partial charge < -0.3 is 4.74 Å². The van der Waals surface area contributed by atoms with Crippen LogP contribution in [0.2, 0.25) is 0 Å². The second-order valence-electron chi connectivity index (χ2n) is 3.56. The van der Waals surface area contributed by atoms with Crippen molar-refractivity contribution in [2.45, 2.75) is 34.1 Å². The molecule has 0 aromatic heterocycles. The Balaban J connectivity index is 3.31. The predicted molar refractivity (Wildman–Crippen MR) is 49.4 cm³/mol. The minimum atomic E-state index is 0.745. The molecule has 0 fully saturated rings. The molecule has 0 N–H and O–H groups in total. The maximum atomic E-state index is 5.27. The first-order valence-corrected chi connectivity index (χ1v) is 4.32. The molecule has 11 heavy (non-hydrogen) atoms. The molecule has 0 bridgehead atoms. The Labute approximate surface area is 70.4 Å². The van der Waals surface area contributed by atoms with Gasteiger partial charge in [0.05, 0.1) is 12.4 Å². The van der Waals surface area contributed by atoms with Gasteiger partial charge in [-0.15, -0.1) is 0 Å². The summed E-state index contributed by atoms with van der Waals surface area (Å²) in [4.78, 5) is 0. The van der Waals surface area contributed by atoms with Crippen molar-refractivity contribution in [2.24, 2.45) is 11.8 Å². The number of rotatable bonds is 5. The molecule has 0 aliphatic carbocycles. The SMILES string of the molecule is C=C(C)OCCC(C)C(C)C. The Morgan fingerprint density at radius 2 is 1.91 bits per heavy atom. The van der Waals surface area contributed by atoms with Crippen LogP contribution in [-0.2, 0) is 4.74 Å². The second kappa shape index (κ2) is 5.22. The number of hydrogen-bond donors (Lipinski definition) is 0. The van der Waals surface area contributed by atoms with E-state index in [2.05, 4.69) is 27.4 Å². The fraction of sp³-hybridized carbons (Fsp3) is 0.800. The van der Waals surface area contributed by atoms with Gasteiger partial charge in [0, 0.05) is 0 Å². The van der Waals surface area contributed by atoms with Crippen molar-refractivity contribution in [2.75, 3.05) is 6.61 Å². The van der Waals surface area contributed by atoms with Crippen molar-refractivity contribution < 1.29 is 4.74 Å². The summed E-state index contributed by atoms with van der Waals surface area (Å²) in [5, 5.41) is 0. The topological polar surface area (TPSA) is 9.23 Å². The van der Waals surface area contributed by atoms with Crippen molar-refractivity contribution in [3.63, 3.8) is 0 Å². The molecule has 0 aromatic rings. The molecule has 0 heterocycles. The van der Waals surface area contributed by atoms with E-state index in [1.807, 2.05) is 6.92 Å².